The van der Waals surface area contributed by atoms with Crippen LogP contribution in [0.15, 0.2) is 24.3 Å². The zero-order valence-electron chi connectivity index (χ0n) is 24.1. The van der Waals surface area contributed by atoms with Gasteiger partial charge in [-0.25, -0.2) is 9.59 Å². The van der Waals surface area contributed by atoms with Crippen LogP contribution in [-0.2, 0) is 23.7 Å². The van der Waals surface area contributed by atoms with Crippen LogP contribution >= 0.6 is 0 Å². The van der Waals surface area contributed by atoms with Gasteiger partial charge in [0.05, 0.1) is 17.7 Å². The molecule has 3 saturated carbocycles. The highest BCUT2D eigenvalue weighted by Gasteiger charge is 2.57. The first-order valence-corrected chi connectivity index (χ1v) is 15.0. The van der Waals surface area contributed by atoms with Crippen LogP contribution in [0, 0.1) is 29.6 Å². The van der Waals surface area contributed by atoms with E-state index < -0.39 is 11.6 Å². The van der Waals surface area contributed by atoms with Gasteiger partial charge in [-0.05, 0) is 106 Å². The highest BCUT2D eigenvalue weighted by Crippen LogP contribution is 2.63. The molecule has 8 atom stereocenters. The minimum Gasteiger partial charge on any atom is -0.459 e. The molecule has 1 saturated heterocycles. The van der Waals surface area contributed by atoms with Crippen molar-refractivity contribution >= 4 is 17.9 Å². The average Bonchev–Trinajstić information content (AvgIpc) is 3.48. The summed E-state index contributed by atoms with van der Waals surface area (Å²) in [5.74, 6) is 1.97. The summed E-state index contributed by atoms with van der Waals surface area (Å²) in [6.45, 7) is 10.2. The fourth-order valence-corrected chi connectivity index (χ4v) is 8.03. The molecule has 1 aliphatic heterocycles. The number of ether oxygens (including phenoxy) is 4. The number of carbonyl (C=O) groups excluding carboxylic acids is 3. The molecule has 0 N–H and O–H groups in total. The first kappa shape index (κ1) is 28.1. The fraction of sp³-hybridized carbons (Fsp3) is 0.719. The van der Waals surface area contributed by atoms with Crippen LogP contribution in [0.4, 0.5) is 0 Å². The fourth-order valence-electron chi connectivity index (χ4n) is 8.03. The van der Waals surface area contributed by atoms with Gasteiger partial charge >= 0.3 is 17.9 Å². The molecule has 7 nitrogen and oxygen atoms in total. The molecule has 3 aliphatic carbocycles. The Kier molecular flexibility index (Phi) is 7.84. The maximum absolute atomic E-state index is 13.1. The minimum absolute atomic E-state index is 0.0710. The van der Waals surface area contributed by atoms with Crippen molar-refractivity contribution in [3.63, 3.8) is 0 Å². The van der Waals surface area contributed by atoms with Gasteiger partial charge in [0.2, 0.25) is 0 Å². The first-order valence-electron chi connectivity index (χ1n) is 15.0. The van der Waals surface area contributed by atoms with E-state index in [0.29, 0.717) is 53.7 Å². The molecule has 1 aromatic rings. The van der Waals surface area contributed by atoms with Crippen LogP contribution < -0.4 is 0 Å². The average molecular weight is 541 g/mol. The van der Waals surface area contributed by atoms with E-state index in [-0.39, 0.29) is 29.7 Å². The van der Waals surface area contributed by atoms with Gasteiger partial charge in [0.1, 0.15) is 23.4 Å². The SMILES string of the molecule is CCC(CC)(CC1CC2CC1C1CC(OC(=O)c3cccc(C(=O)OC(C)(CC)C4CO4)c3)CC21)OC(C)=O. The summed E-state index contributed by atoms with van der Waals surface area (Å²) in [6, 6.07) is 6.65. The normalized spacial score (nSPS) is 32.3. The van der Waals surface area contributed by atoms with Gasteiger partial charge in [-0.2, -0.15) is 0 Å². The lowest BCUT2D eigenvalue weighted by molar-refractivity contribution is -0.160. The molecule has 4 aliphatic rings. The van der Waals surface area contributed by atoms with Gasteiger partial charge < -0.3 is 18.9 Å². The largest absolute Gasteiger partial charge is 0.459 e. The molecular weight excluding hydrogens is 496 g/mol. The van der Waals surface area contributed by atoms with Gasteiger partial charge in [0.15, 0.2) is 0 Å². The third kappa shape index (κ3) is 5.61. The van der Waals surface area contributed by atoms with Crippen molar-refractivity contribution in [1.29, 1.82) is 0 Å². The lowest BCUT2D eigenvalue weighted by Gasteiger charge is -2.39. The van der Waals surface area contributed by atoms with Crippen LogP contribution in [0.2, 0.25) is 0 Å². The van der Waals surface area contributed by atoms with E-state index in [1.54, 1.807) is 24.3 Å². The van der Waals surface area contributed by atoms with E-state index >= 15 is 0 Å². The Morgan fingerprint density at radius 1 is 0.897 bits per heavy atom. The first-order chi connectivity index (χ1) is 18.6. The number of esters is 3. The number of carbonyl (C=O) groups is 3. The molecule has 2 bridgehead atoms. The summed E-state index contributed by atoms with van der Waals surface area (Å²) in [5, 5.41) is 0. The molecule has 4 fully saturated rings. The van der Waals surface area contributed by atoms with Gasteiger partial charge in [-0.3, -0.25) is 4.79 Å². The van der Waals surface area contributed by atoms with E-state index in [4.69, 9.17) is 18.9 Å². The smallest absolute Gasteiger partial charge is 0.338 e. The summed E-state index contributed by atoms with van der Waals surface area (Å²) in [5.41, 5.74) is -0.316. The van der Waals surface area contributed by atoms with E-state index in [9.17, 15) is 14.4 Å². The van der Waals surface area contributed by atoms with Crippen LogP contribution in [0.1, 0.15) is 107 Å². The molecule has 0 amide bonds. The van der Waals surface area contributed by atoms with Crippen molar-refractivity contribution in [3.05, 3.63) is 35.4 Å². The molecule has 1 aromatic carbocycles. The number of epoxide rings is 1. The molecule has 8 unspecified atom stereocenters. The van der Waals surface area contributed by atoms with Crippen molar-refractivity contribution in [2.45, 2.75) is 109 Å². The summed E-state index contributed by atoms with van der Waals surface area (Å²) in [6.07, 6.45) is 7.33. The molecule has 39 heavy (non-hydrogen) atoms. The highest BCUT2D eigenvalue weighted by atomic mass is 16.6. The Labute approximate surface area is 232 Å². The number of hydrogen-bond acceptors (Lipinski definition) is 7. The van der Waals surface area contributed by atoms with Crippen molar-refractivity contribution in [1.82, 2.24) is 0 Å². The molecule has 7 heteroatoms. The van der Waals surface area contributed by atoms with Crippen molar-refractivity contribution in [3.8, 4) is 0 Å². The summed E-state index contributed by atoms with van der Waals surface area (Å²) in [7, 11) is 0. The Bertz CT molecular complexity index is 1090. The molecule has 0 spiro atoms. The number of rotatable bonds is 11. The Balaban J connectivity index is 1.19. The lowest BCUT2D eigenvalue weighted by atomic mass is 9.71. The van der Waals surface area contributed by atoms with Crippen molar-refractivity contribution in [2.24, 2.45) is 29.6 Å². The van der Waals surface area contributed by atoms with Gasteiger partial charge in [-0.1, -0.05) is 26.8 Å². The standard InChI is InChI=1S/C32H44O7/c1-6-31(5,28-18-36-28)39-30(35)21-11-9-10-20(12-21)29(34)37-24-15-26-22-13-23(25(14-22)27(26)16-24)17-32(7-2,8-3)38-19(4)33/h9-12,22-28H,6-8,13-18H2,1-5H3. The Morgan fingerprint density at radius 3 is 2.18 bits per heavy atom. The second-order valence-electron chi connectivity index (χ2n) is 12.6. The third-order valence-corrected chi connectivity index (χ3v) is 10.5. The Morgan fingerprint density at radius 2 is 1.56 bits per heavy atom. The minimum atomic E-state index is -0.668. The zero-order chi connectivity index (χ0) is 27.9. The van der Waals surface area contributed by atoms with Crippen LogP contribution in [0.5, 0.6) is 0 Å². The van der Waals surface area contributed by atoms with Crippen LogP contribution in [0.25, 0.3) is 0 Å². The molecule has 0 radical (unpaired) electrons. The monoisotopic (exact) mass is 540 g/mol. The maximum atomic E-state index is 13.1. The summed E-state index contributed by atoms with van der Waals surface area (Å²) >= 11 is 0. The second kappa shape index (κ2) is 10.9. The van der Waals surface area contributed by atoms with Gasteiger partial charge in [-0.15, -0.1) is 0 Å². The van der Waals surface area contributed by atoms with E-state index in [2.05, 4.69) is 13.8 Å². The van der Waals surface area contributed by atoms with E-state index in [1.165, 1.54) is 19.8 Å². The van der Waals surface area contributed by atoms with Crippen LogP contribution in [-0.4, -0.2) is 47.9 Å². The summed E-state index contributed by atoms with van der Waals surface area (Å²) < 4.78 is 23.0. The topological polar surface area (TPSA) is 91.4 Å². The number of fused-ring (bicyclic) bond motifs is 5. The quantitative estimate of drug-likeness (QED) is 0.189. The molecule has 5 rings (SSSR count). The van der Waals surface area contributed by atoms with E-state index in [0.717, 1.165) is 32.1 Å². The molecule has 214 valence electrons. The summed E-state index contributed by atoms with van der Waals surface area (Å²) in [4.78, 5) is 37.8. The third-order valence-electron chi connectivity index (χ3n) is 10.5. The second-order valence-corrected chi connectivity index (χ2v) is 12.6. The molecular formula is C32H44O7. The van der Waals surface area contributed by atoms with Gasteiger partial charge in [0, 0.05) is 6.92 Å². The Hall–Kier alpha value is -2.41. The zero-order valence-corrected chi connectivity index (χ0v) is 24.1. The maximum Gasteiger partial charge on any atom is 0.338 e. The highest BCUT2D eigenvalue weighted by molar-refractivity contribution is 5.95. The van der Waals surface area contributed by atoms with Gasteiger partial charge in [0.25, 0.3) is 0 Å². The molecule has 0 aromatic heterocycles. The van der Waals surface area contributed by atoms with Crippen molar-refractivity contribution in [2.75, 3.05) is 6.61 Å². The number of hydrogen-bond donors (Lipinski definition) is 0. The lowest BCUT2D eigenvalue weighted by Crippen LogP contribution is -2.38. The predicted molar refractivity (Wildman–Crippen MR) is 145 cm³/mol. The predicted octanol–water partition coefficient (Wildman–Crippen LogP) is 6.13. The number of benzene rings is 1. The van der Waals surface area contributed by atoms with Crippen LogP contribution in [0.3, 0.4) is 0 Å². The molecule has 1 heterocycles. The van der Waals surface area contributed by atoms with E-state index in [1.807, 2.05) is 13.8 Å². The van der Waals surface area contributed by atoms with Crippen molar-refractivity contribution < 1.29 is 33.3 Å².